The van der Waals surface area contributed by atoms with E-state index in [0.717, 1.165) is 31.0 Å². The van der Waals surface area contributed by atoms with E-state index in [1.54, 1.807) is 6.07 Å². The van der Waals surface area contributed by atoms with Gasteiger partial charge in [0.15, 0.2) is 0 Å². The molecule has 0 saturated carbocycles. The van der Waals surface area contributed by atoms with Gasteiger partial charge in [0.25, 0.3) is 0 Å². The number of hydrogen-bond donors (Lipinski definition) is 1. The third-order valence-corrected chi connectivity index (χ3v) is 5.67. The van der Waals surface area contributed by atoms with Crippen molar-refractivity contribution in [2.75, 3.05) is 0 Å². The molecule has 0 bridgehead atoms. The second-order valence-electron chi connectivity index (χ2n) is 6.08. The quantitative estimate of drug-likeness (QED) is 0.323. The number of phenols is 1. The van der Waals surface area contributed by atoms with Gasteiger partial charge in [-0.05, 0) is 60.2 Å². The van der Waals surface area contributed by atoms with Crippen LogP contribution in [0, 0.1) is 0 Å². The van der Waals surface area contributed by atoms with E-state index in [4.69, 9.17) is 11.6 Å². The van der Waals surface area contributed by atoms with E-state index in [0.29, 0.717) is 5.02 Å². The minimum atomic E-state index is -0.177. The molecule has 26 heavy (non-hydrogen) atoms. The van der Waals surface area contributed by atoms with Crippen molar-refractivity contribution in [1.29, 1.82) is 0 Å². The Kier molecular flexibility index (Phi) is 4.82. The molecule has 3 aromatic carbocycles. The third kappa shape index (κ3) is 3.29. The molecule has 1 atom stereocenters. The maximum Gasteiger partial charge on any atom is 0.121 e. The predicted molar refractivity (Wildman–Crippen MR) is 114 cm³/mol. The number of hydrogen-bond acceptors (Lipinski definition) is 1. The molecule has 0 fully saturated rings. The molecule has 5 heteroatoms. The smallest absolute Gasteiger partial charge is 0.121 e. The first-order valence-electron chi connectivity index (χ1n) is 8.03. The van der Waals surface area contributed by atoms with Crippen molar-refractivity contribution in [3.63, 3.8) is 0 Å². The molecule has 0 aliphatic heterocycles. The summed E-state index contributed by atoms with van der Waals surface area (Å²) in [7, 11) is 0. The van der Waals surface area contributed by atoms with Crippen molar-refractivity contribution in [2.45, 2.75) is 6.04 Å². The maximum absolute atomic E-state index is 10.6. The predicted octanol–water partition coefficient (Wildman–Crippen LogP) is 7.16. The molecule has 0 saturated heterocycles. The normalized spacial score (nSPS) is 12.4. The standard InChI is InChI=1S/C21H14Br2ClNO/c22-15-3-7-19-14(11-15)9-10-25(19)21(13-1-5-17(24)6-2-13)18-12-16(23)4-8-20(18)26/h1-12,21,26H. The van der Waals surface area contributed by atoms with Crippen LogP contribution in [-0.4, -0.2) is 9.67 Å². The van der Waals surface area contributed by atoms with Gasteiger partial charge < -0.3 is 9.67 Å². The summed E-state index contributed by atoms with van der Waals surface area (Å²) in [6, 6.07) is 21.4. The molecule has 1 heterocycles. The van der Waals surface area contributed by atoms with Crippen LogP contribution in [-0.2, 0) is 0 Å². The molecule has 0 spiro atoms. The average molecular weight is 492 g/mol. The van der Waals surface area contributed by atoms with Crippen LogP contribution in [0.15, 0.2) is 81.9 Å². The van der Waals surface area contributed by atoms with Crippen molar-refractivity contribution >= 4 is 54.4 Å². The molecular formula is C21H14Br2ClNO. The number of nitrogens with zero attached hydrogens (tertiary/aromatic N) is 1. The zero-order valence-corrected chi connectivity index (χ0v) is 17.5. The number of fused-ring (bicyclic) bond motifs is 1. The molecule has 1 unspecified atom stereocenters. The van der Waals surface area contributed by atoms with Gasteiger partial charge in [-0.3, -0.25) is 0 Å². The number of benzene rings is 3. The van der Waals surface area contributed by atoms with Gasteiger partial charge in [-0.15, -0.1) is 0 Å². The Morgan fingerprint density at radius 3 is 2.31 bits per heavy atom. The lowest BCUT2D eigenvalue weighted by atomic mass is 9.97. The van der Waals surface area contributed by atoms with Gasteiger partial charge in [-0.25, -0.2) is 0 Å². The zero-order chi connectivity index (χ0) is 18.3. The van der Waals surface area contributed by atoms with Crippen LogP contribution in [0.1, 0.15) is 17.2 Å². The summed E-state index contributed by atoms with van der Waals surface area (Å²) in [6.07, 6.45) is 2.05. The van der Waals surface area contributed by atoms with Crippen molar-refractivity contribution in [3.05, 3.63) is 98.0 Å². The van der Waals surface area contributed by atoms with Crippen LogP contribution < -0.4 is 0 Å². The summed E-state index contributed by atoms with van der Waals surface area (Å²) in [5, 5.41) is 12.4. The van der Waals surface area contributed by atoms with E-state index in [9.17, 15) is 5.11 Å². The van der Waals surface area contributed by atoms with Crippen molar-refractivity contribution in [1.82, 2.24) is 4.57 Å². The SMILES string of the molecule is Oc1ccc(Br)cc1C(c1ccc(Cl)cc1)n1ccc2cc(Br)ccc21. The number of phenolic OH excluding ortho intramolecular Hbond substituents is 1. The van der Waals surface area contributed by atoms with Gasteiger partial charge in [0.05, 0.1) is 6.04 Å². The summed E-state index contributed by atoms with van der Waals surface area (Å²) < 4.78 is 4.13. The molecule has 0 aliphatic carbocycles. The molecule has 0 aliphatic rings. The minimum Gasteiger partial charge on any atom is -0.508 e. The van der Waals surface area contributed by atoms with E-state index in [-0.39, 0.29) is 11.8 Å². The Morgan fingerprint density at radius 2 is 1.54 bits per heavy atom. The zero-order valence-electron chi connectivity index (χ0n) is 13.5. The Morgan fingerprint density at radius 1 is 0.846 bits per heavy atom. The highest BCUT2D eigenvalue weighted by atomic mass is 79.9. The molecule has 2 nitrogen and oxygen atoms in total. The molecule has 4 rings (SSSR count). The van der Waals surface area contributed by atoms with E-state index >= 15 is 0 Å². The molecule has 0 amide bonds. The molecule has 4 aromatic rings. The van der Waals surface area contributed by atoms with E-state index < -0.39 is 0 Å². The Bertz CT molecular complexity index is 1090. The van der Waals surface area contributed by atoms with Crippen LogP contribution in [0.4, 0.5) is 0 Å². The topological polar surface area (TPSA) is 25.2 Å². The van der Waals surface area contributed by atoms with Crippen LogP contribution in [0.25, 0.3) is 10.9 Å². The van der Waals surface area contributed by atoms with E-state index in [1.165, 1.54) is 0 Å². The fourth-order valence-electron chi connectivity index (χ4n) is 3.24. The minimum absolute atomic E-state index is 0.177. The van der Waals surface area contributed by atoms with Crippen molar-refractivity contribution in [3.8, 4) is 5.75 Å². The lowest BCUT2D eigenvalue weighted by molar-refractivity contribution is 0.461. The van der Waals surface area contributed by atoms with Gasteiger partial charge in [0, 0.05) is 36.6 Å². The van der Waals surface area contributed by atoms with Crippen LogP contribution in [0.5, 0.6) is 5.75 Å². The number of halogens is 3. The number of aromatic hydroxyl groups is 1. The Hall–Kier alpha value is -1.75. The first-order valence-corrected chi connectivity index (χ1v) is 9.99. The molecule has 130 valence electrons. The summed E-state index contributed by atoms with van der Waals surface area (Å²) in [4.78, 5) is 0. The van der Waals surface area contributed by atoms with Crippen molar-refractivity contribution in [2.24, 2.45) is 0 Å². The third-order valence-electron chi connectivity index (χ3n) is 4.43. The molecule has 1 aromatic heterocycles. The first-order chi connectivity index (χ1) is 12.5. The van der Waals surface area contributed by atoms with Gasteiger partial charge in [-0.2, -0.15) is 0 Å². The highest BCUT2D eigenvalue weighted by molar-refractivity contribution is 9.10. The number of aromatic nitrogens is 1. The summed E-state index contributed by atoms with van der Waals surface area (Å²) in [6.45, 7) is 0. The fourth-order valence-corrected chi connectivity index (χ4v) is 4.12. The molecular weight excluding hydrogens is 477 g/mol. The maximum atomic E-state index is 10.6. The average Bonchev–Trinajstić information content (AvgIpc) is 3.02. The van der Waals surface area contributed by atoms with Gasteiger partial charge in [0.1, 0.15) is 5.75 Å². The number of rotatable bonds is 3. The largest absolute Gasteiger partial charge is 0.508 e. The summed E-state index contributed by atoms with van der Waals surface area (Å²) in [5.74, 6) is 0.257. The van der Waals surface area contributed by atoms with Crippen molar-refractivity contribution < 1.29 is 5.11 Å². The Balaban J connectivity index is 1.98. The van der Waals surface area contributed by atoms with E-state index in [2.05, 4.69) is 60.8 Å². The summed E-state index contributed by atoms with van der Waals surface area (Å²) >= 11 is 13.1. The first kappa shape index (κ1) is 17.7. The highest BCUT2D eigenvalue weighted by Crippen LogP contribution is 2.37. The Labute approximate surface area is 173 Å². The van der Waals surface area contributed by atoms with Gasteiger partial charge in [0.2, 0.25) is 0 Å². The highest BCUT2D eigenvalue weighted by Gasteiger charge is 2.21. The molecule has 1 N–H and O–H groups in total. The lowest BCUT2D eigenvalue weighted by Gasteiger charge is -2.23. The lowest BCUT2D eigenvalue weighted by Crippen LogP contribution is -2.11. The fraction of sp³-hybridized carbons (Fsp3) is 0.0476. The monoisotopic (exact) mass is 489 g/mol. The molecule has 0 radical (unpaired) electrons. The van der Waals surface area contributed by atoms with Gasteiger partial charge in [-0.1, -0.05) is 55.6 Å². The van der Waals surface area contributed by atoms with Crippen LogP contribution in [0.3, 0.4) is 0 Å². The second-order valence-corrected chi connectivity index (χ2v) is 8.35. The summed E-state index contributed by atoms with van der Waals surface area (Å²) in [5.41, 5.74) is 2.96. The van der Waals surface area contributed by atoms with Gasteiger partial charge >= 0.3 is 0 Å². The van der Waals surface area contributed by atoms with Crippen LogP contribution >= 0.6 is 43.5 Å². The van der Waals surface area contributed by atoms with Crippen LogP contribution in [0.2, 0.25) is 5.02 Å². The second kappa shape index (κ2) is 7.10. The van der Waals surface area contributed by atoms with E-state index in [1.807, 2.05) is 42.5 Å².